The number of carbonyl (C=O) groups excluding carboxylic acids is 1. The van der Waals surface area contributed by atoms with Gasteiger partial charge in [0.1, 0.15) is 16.6 Å². The summed E-state index contributed by atoms with van der Waals surface area (Å²) in [6, 6.07) is 0.543. The Morgan fingerprint density at radius 2 is 2.31 bits per heavy atom. The first-order chi connectivity index (χ1) is 12.3. The van der Waals surface area contributed by atoms with Gasteiger partial charge in [-0.2, -0.15) is 18.3 Å². The molecule has 0 fully saturated rings. The fourth-order valence-electron chi connectivity index (χ4n) is 2.87. The SMILES string of the molecule is CCCCNC(=O)c1nn2c(c1Cl)N[C@@H](c1ccco1)C[C@@H]2C(F)(F)F. The van der Waals surface area contributed by atoms with Crippen LogP contribution in [-0.2, 0) is 0 Å². The molecule has 0 saturated carbocycles. The van der Waals surface area contributed by atoms with E-state index in [-0.39, 0.29) is 23.0 Å². The Morgan fingerprint density at radius 1 is 1.54 bits per heavy atom. The van der Waals surface area contributed by atoms with Gasteiger partial charge in [-0.15, -0.1) is 0 Å². The summed E-state index contributed by atoms with van der Waals surface area (Å²) in [6.45, 7) is 2.36. The topological polar surface area (TPSA) is 72.1 Å². The molecule has 0 aromatic carbocycles. The number of alkyl halides is 3. The van der Waals surface area contributed by atoms with Crippen molar-refractivity contribution in [3.8, 4) is 0 Å². The lowest BCUT2D eigenvalue weighted by molar-refractivity contribution is -0.174. The molecule has 1 amide bonds. The quantitative estimate of drug-likeness (QED) is 0.746. The van der Waals surface area contributed by atoms with Gasteiger partial charge in [-0.25, -0.2) is 4.68 Å². The molecule has 2 atom stereocenters. The second-order valence-corrected chi connectivity index (χ2v) is 6.45. The molecule has 142 valence electrons. The predicted molar refractivity (Wildman–Crippen MR) is 89.3 cm³/mol. The van der Waals surface area contributed by atoms with Crippen molar-refractivity contribution >= 4 is 23.3 Å². The van der Waals surface area contributed by atoms with Crippen molar-refractivity contribution in [1.82, 2.24) is 15.1 Å². The molecule has 0 bridgehead atoms. The van der Waals surface area contributed by atoms with Gasteiger partial charge in [0.15, 0.2) is 11.7 Å². The molecule has 3 rings (SSSR count). The Morgan fingerprint density at radius 3 is 2.92 bits per heavy atom. The van der Waals surface area contributed by atoms with E-state index in [2.05, 4.69) is 15.7 Å². The molecule has 6 nitrogen and oxygen atoms in total. The van der Waals surface area contributed by atoms with Gasteiger partial charge in [0.05, 0.1) is 12.3 Å². The van der Waals surface area contributed by atoms with E-state index in [0.29, 0.717) is 12.3 Å². The van der Waals surface area contributed by atoms with E-state index < -0.39 is 24.2 Å². The summed E-state index contributed by atoms with van der Waals surface area (Å²) in [5.41, 5.74) is -0.223. The van der Waals surface area contributed by atoms with Gasteiger partial charge >= 0.3 is 6.18 Å². The molecule has 10 heteroatoms. The summed E-state index contributed by atoms with van der Waals surface area (Å²) in [5, 5.41) is 9.24. The zero-order chi connectivity index (χ0) is 18.9. The second kappa shape index (κ2) is 7.22. The molecule has 26 heavy (non-hydrogen) atoms. The van der Waals surface area contributed by atoms with Crippen LogP contribution in [0.4, 0.5) is 19.0 Å². The van der Waals surface area contributed by atoms with Gasteiger partial charge in [-0.05, 0) is 18.6 Å². The van der Waals surface area contributed by atoms with Crippen LogP contribution in [0.25, 0.3) is 0 Å². The van der Waals surface area contributed by atoms with Crippen molar-refractivity contribution in [2.75, 3.05) is 11.9 Å². The van der Waals surface area contributed by atoms with E-state index in [0.717, 1.165) is 17.5 Å². The normalized spacial score (nSPS) is 19.7. The maximum atomic E-state index is 13.6. The third kappa shape index (κ3) is 3.53. The van der Waals surface area contributed by atoms with Gasteiger partial charge in [-0.3, -0.25) is 4.79 Å². The standard InChI is InChI=1S/C16H18ClF3N4O2/c1-2-3-6-21-15(25)13-12(17)14-22-9(10-5-4-7-26-10)8-11(16(18,19)20)24(14)23-13/h4-5,7,9,11,22H,2-3,6,8H2,1H3,(H,21,25)/t9-,11-/m1/s1. The maximum absolute atomic E-state index is 13.6. The Bertz CT molecular complexity index is 773. The van der Waals surface area contributed by atoms with Crippen LogP contribution in [0.1, 0.15) is 54.5 Å². The third-order valence-electron chi connectivity index (χ3n) is 4.21. The van der Waals surface area contributed by atoms with Crippen LogP contribution in [0.3, 0.4) is 0 Å². The van der Waals surface area contributed by atoms with E-state index >= 15 is 0 Å². The Labute approximate surface area is 152 Å². The number of aromatic nitrogens is 2. The molecular weight excluding hydrogens is 373 g/mol. The second-order valence-electron chi connectivity index (χ2n) is 6.07. The van der Waals surface area contributed by atoms with Crippen molar-refractivity contribution in [2.45, 2.75) is 44.4 Å². The van der Waals surface area contributed by atoms with E-state index in [1.54, 1.807) is 12.1 Å². The molecule has 3 heterocycles. The largest absolute Gasteiger partial charge is 0.467 e. The molecular formula is C16H18ClF3N4O2. The number of nitrogens with zero attached hydrogens (tertiary/aromatic N) is 2. The molecule has 0 aliphatic carbocycles. The number of carbonyl (C=O) groups is 1. The van der Waals surface area contributed by atoms with Crippen molar-refractivity contribution in [1.29, 1.82) is 0 Å². The van der Waals surface area contributed by atoms with Crippen molar-refractivity contribution in [2.24, 2.45) is 0 Å². The van der Waals surface area contributed by atoms with Crippen LogP contribution < -0.4 is 10.6 Å². The highest BCUT2D eigenvalue weighted by atomic mass is 35.5. The van der Waals surface area contributed by atoms with Crippen LogP contribution in [0, 0.1) is 0 Å². The minimum Gasteiger partial charge on any atom is -0.467 e. The number of furan rings is 1. The summed E-state index contributed by atoms with van der Waals surface area (Å²) >= 11 is 6.19. The summed E-state index contributed by atoms with van der Waals surface area (Å²) < 4.78 is 46.7. The molecule has 0 saturated heterocycles. The van der Waals surface area contributed by atoms with Crippen LogP contribution in [0.2, 0.25) is 5.02 Å². The highest BCUT2D eigenvalue weighted by molar-refractivity contribution is 6.36. The minimum absolute atomic E-state index is 0.0396. The van der Waals surface area contributed by atoms with Gasteiger partial charge in [0, 0.05) is 13.0 Å². The lowest BCUT2D eigenvalue weighted by Gasteiger charge is -2.32. The number of fused-ring (bicyclic) bond motifs is 1. The van der Waals surface area contributed by atoms with Gasteiger partial charge in [0.25, 0.3) is 5.91 Å². The fourth-order valence-corrected chi connectivity index (χ4v) is 3.14. The van der Waals surface area contributed by atoms with Crippen molar-refractivity contribution in [3.05, 3.63) is 34.9 Å². The monoisotopic (exact) mass is 390 g/mol. The molecule has 2 aromatic heterocycles. The summed E-state index contributed by atoms with van der Waals surface area (Å²) in [6.07, 6.45) is -1.86. The van der Waals surface area contributed by atoms with Crippen molar-refractivity contribution < 1.29 is 22.4 Å². The number of halogens is 4. The Balaban J connectivity index is 1.95. The number of anilines is 1. The fraction of sp³-hybridized carbons (Fsp3) is 0.500. The van der Waals surface area contributed by atoms with Crippen LogP contribution in [-0.4, -0.2) is 28.4 Å². The average Bonchev–Trinajstić information content (AvgIpc) is 3.22. The molecule has 2 N–H and O–H groups in total. The smallest absolute Gasteiger partial charge is 0.410 e. The number of amides is 1. The molecule has 0 spiro atoms. The molecule has 1 aliphatic rings. The highest BCUT2D eigenvalue weighted by Crippen LogP contribution is 2.46. The molecule has 0 unspecified atom stereocenters. The Hall–Kier alpha value is -2.16. The average molecular weight is 391 g/mol. The third-order valence-corrected chi connectivity index (χ3v) is 4.57. The van der Waals surface area contributed by atoms with E-state index in [9.17, 15) is 18.0 Å². The van der Waals surface area contributed by atoms with Crippen LogP contribution >= 0.6 is 11.6 Å². The van der Waals surface area contributed by atoms with Crippen molar-refractivity contribution in [3.63, 3.8) is 0 Å². The lowest BCUT2D eigenvalue weighted by atomic mass is 10.0. The number of unbranched alkanes of at least 4 members (excludes halogenated alkanes) is 1. The number of hydrogen-bond donors (Lipinski definition) is 2. The first-order valence-electron chi connectivity index (χ1n) is 8.25. The van der Waals surface area contributed by atoms with Crippen LogP contribution in [0.5, 0.6) is 0 Å². The lowest BCUT2D eigenvalue weighted by Crippen LogP contribution is -2.35. The maximum Gasteiger partial charge on any atom is 0.410 e. The molecule has 1 aliphatic heterocycles. The van der Waals surface area contributed by atoms with E-state index in [1.807, 2.05) is 6.92 Å². The minimum atomic E-state index is -4.55. The van der Waals surface area contributed by atoms with Gasteiger partial charge in [-0.1, -0.05) is 24.9 Å². The number of hydrogen-bond acceptors (Lipinski definition) is 4. The Kier molecular flexibility index (Phi) is 5.17. The van der Waals surface area contributed by atoms with E-state index in [4.69, 9.17) is 16.0 Å². The zero-order valence-electron chi connectivity index (χ0n) is 13.9. The molecule has 0 radical (unpaired) electrons. The first kappa shape index (κ1) is 18.6. The summed E-state index contributed by atoms with van der Waals surface area (Å²) in [4.78, 5) is 12.2. The number of rotatable bonds is 5. The predicted octanol–water partition coefficient (Wildman–Crippen LogP) is 4.32. The van der Waals surface area contributed by atoms with Crippen LogP contribution in [0.15, 0.2) is 22.8 Å². The zero-order valence-corrected chi connectivity index (χ0v) is 14.7. The summed E-state index contributed by atoms with van der Waals surface area (Å²) in [7, 11) is 0. The highest BCUT2D eigenvalue weighted by Gasteiger charge is 2.48. The molecule has 2 aromatic rings. The first-order valence-corrected chi connectivity index (χ1v) is 8.63. The number of nitrogens with one attached hydrogen (secondary N) is 2. The van der Waals surface area contributed by atoms with Gasteiger partial charge in [0.2, 0.25) is 0 Å². The van der Waals surface area contributed by atoms with E-state index in [1.165, 1.54) is 6.26 Å². The van der Waals surface area contributed by atoms with Gasteiger partial charge < -0.3 is 15.1 Å². The summed E-state index contributed by atoms with van der Waals surface area (Å²) in [5.74, 6) is -0.276.